The first-order valence-electron chi connectivity index (χ1n) is 9.23. The molecule has 3 rings (SSSR count). The molecule has 1 unspecified atom stereocenters. The molecule has 2 aromatic rings. The number of nitrogens with one attached hydrogen (secondary N) is 1. The Bertz CT molecular complexity index is 825. The number of hydrogen-bond acceptors (Lipinski definition) is 4. The van der Waals surface area contributed by atoms with Gasteiger partial charge in [0.2, 0.25) is 0 Å². The topological polar surface area (TPSA) is 55.4 Å². The predicted octanol–water partition coefficient (Wildman–Crippen LogP) is 5.00. The van der Waals surface area contributed by atoms with Gasteiger partial charge in [-0.3, -0.25) is 4.79 Å². The Hall–Kier alpha value is -2.14. The lowest BCUT2D eigenvalue weighted by Crippen LogP contribution is -2.17. The molecule has 1 N–H and O–H groups in total. The van der Waals surface area contributed by atoms with Gasteiger partial charge in [-0.15, -0.1) is 11.3 Å². The highest BCUT2D eigenvalue weighted by molar-refractivity contribution is 7.17. The van der Waals surface area contributed by atoms with Gasteiger partial charge in [0.15, 0.2) is 0 Å². The average molecular weight is 372 g/mol. The van der Waals surface area contributed by atoms with Crippen LogP contribution < -0.4 is 5.32 Å². The zero-order valence-corrected chi connectivity index (χ0v) is 16.4. The largest absolute Gasteiger partial charge is 0.462 e. The summed E-state index contributed by atoms with van der Waals surface area (Å²) in [6.45, 7) is 6.24. The molecule has 0 bridgehead atoms. The zero-order chi connectivity index (χ0) is 18.7. The van der Waals surface area contributed by atoms with Crippen molar-refractivity contribution >= 4 is 28.2 Å². The fourth-order valence-electron chi connectivity index (χ4n) is 3.51. The van der Waals surface area contributed by atoms with Crippen molar-refractivity contribution in [3.8, 4) is 0 Å². The molecule has 1 aliphatic carbocycles. The fourth-order valence-corrected chi connectivity index (χ4v) is 4.85. The summed E-state index contributed by atoms with van der Waals surface area (Å²) in [6.07, 6.45) is 4.07. The molecule has 0 saturated heterocycles. The molecule has 5 heteroatoms. The van der Waals surface area contributed by atoms with Gasteiger partial charge in [0, 0.05) is 10.4 Å². The van der Waals surface area contributed by atoms with Crippen LogP contribution >= 0.6 is 11.3 Å². The Labute approximate surface area is 158 Å². The van der Waals surface area contributed by atoms with Gasteiger partial charge in [0.1, 0.15) is 5.00 Å². The highest BCUT2D eigenvalue weighted by atomic mass is 32.1. The number of carbonyl (C=O) groups excluding carboxylic acids is 2. The number of rotatable bonds is 5. The van der Waals surface area contributed by atoms with Crippen LogP contribution in [0.2, 0.25) is 0 Å². The lowest BCUT2D eigenvalue weighted by molar-refractivity contribution is 0.0526. The second-order valence-electron chi connectivity index (χ2n) is 6.71. The maximum absolute atomic E-state index is 12.7. The van der Waals surface area contributed by atoms with Crippen molar-refractivity contribution in [2.24, 2.45) is 5.92 Å². The first-order chi connectivity index (χ1) is 12.5. The van der Waals surface area contributed by atoms with E-state index in [1.54, 1.807) is 13.0 Å². The van der Waals surface area contributed by atoms with E-state index in [1.807, 2.05) is 25.1 Å². The van der Waals surface area contributed by atoms with Crippen LogP contribution in [0.4, 0.5) is 5.00 Å². The van der Waals surface area contributed by atoms with E-state index in [-0.39, 0.29) is 11.9 Å². The minimum atomic E-state index is -0.333. The Morgan fingerprint density at radius 2 is 2.04 bits per heavy atom. The molecule has 1 aromatic heterocycles. The number of anilines is 1. The van der Waals surface area contributed by atoms with E-state index in [0.717, 1.165) is 36.8 Å². The number of ether oxygens (including phenoxy) is 1. The molecule has 1 atom stereocenters. The fraction of sp³-hybridized carbons (Fsp3) is 0.429. The lowest BCUT2D eigenvalue weighted by atomic mass is 9.85. The van der Waals surface area contributed by atoms with E-state index < -0.39 is 0 Å². The Kier molecular flexibility index (Phi) is 5.77. The number of fused-ring (bicyclic) bond motifs is 1. The molecule has 1 aliphatic rings. The number of hydrogen-bond donors (Lipinski definition) is 1. The summed E-state index contributed by atoms with van der Waals surface area (Å²) in [6, 6.07) is 7.46. The second kappa shape index (κ2) is 8.04. The van der Waals surface area contributed by atoms with Crippen molar-refractivity contribution < 1.29 is 14.3 Å². The lowest BCUT2D eigenvalue weighted by Gasteiger charge is -2.20. The van der Waals surface area contributed by atoms with Crippen molar-refractivity contribution in [1.29, 1.82) is 0 Å². The maximum Gasteiger partial charge on any atom is 0.341 e. The van der Waals surface area contributed by atoms with Crippen LogP contribution in [0.5, 0.6) is 0 Å². The zero-order valence-electron chi connectivity index (χ0n) is 15.6. The first kappa shape index (κ1) is 18.6. The molecule has 0 saturated carbocycles. The molecular formula is C21H25NO3S. The number of esters is 1. The summed E-state index contributed by atoms with van der Waals surface area (Å²) < 4.78 is 5.27. The van der Waals surface area contributed by atoms with E-state index in [9.17, 15) is 9.59 Å². The van der Waals surface area contributed by atoms with E-state index in [2.05, 4.69) is 12.2 Å². The van der Waals surface area contributed by atoms with E-state index in [4.69, 9.17) is 4.74 Å². The molecule has 1 aromatic carbocycles. The van der Waals surface area contributed by atoms with Gasteiger partial charge in [0.05, 0.1) is 12.2 Å². The summed E-state index contributed by atoms with van der Waals surface area (Å²) in [5.41, 5.74) is 3.16. The van der Waals surface area contributed by atoms with E-state index >= 15 is 0 Å². The van der Waals surface area contributed by atoms with Crippen LogP contribution in [0.25, 0.3) is 0 Å². The molecule has 0 fully saturated rings. The molecule has 0 radical (unpaired) electrons. The predicted molar refractivity (Wildman–Crippen MR) is 105 cm³/mol. The highest BCUT2D eigenvalue weighted by Crippen LogP contribution is 2.41. The van der Waals surface area contributed by atoms with Gasteiger partial charge < -0.3 is 10.1 Å². The maximum atomic E-state index is 12.7. The molecular weight excluding hydrogens is 346 g/mol. The molecule has 0 aliphatic heterocycles. The summed E-state index contributed by atoms with van der Waals surface area (Å²) in [5.74, 6) is 0.135. The standard InChI is InChI=1S/C21H25NO3S/c1-4-14-10-11-16-17(12-14)26-20(18(16)21(24)25-5-2)22-19(23)15-9-7-6-8-13(15)3/h6-9,14H,4-5,10-12H2,1-3H3,(H,22,23). The number of carbonyl (C=O) groups is 2. The van der Waals surface area contributed by atoms with Crippen LogP contribution in [0.1, 0.15) is 63.4 Å². The van der Waals surface area contributed by atoms with Crippen LogP contribution in [0, 0.1) is 12.8 Å². The van der Waals surface area contributed by atoms with Crippen molar-refractivity contribution in [3.05, 3.63) is 51.4 Å². The SMILES string of the molecule is CCOC(=O)c1c(NC(=O)c2ccccc2C)sc2c1CCC(CC)C2. The molecule has 1 amide bonds. The molecule has 4 nitrogen and oxygen atoms in total. The molecule has 26 heavy (non-hydrogen) atoms. The van der Waals surface area contributed by atoms with Crippen LogP contribution in [-0.4, -0.2) is 18.5 Å². The molecule has 0 spiro atoms. The Morgan fingerprint density at radius 3 is 2.73 bits per heavy atom. The Balaban J connectivity index is 1.95. The number of amides is 1. The van der Waals surface area contributed by atoms with Crippen molar-refractivity contribution in [1.82, 2.24) is 0 Å². The van der Waals surface area contributed by atoms with Gasteiger partial charge in [-0.1, -0.05) is 31.5 Å². The van der Waals surface area contributed by atoms with Crippen molar-refractivity contribution in [2.75, 3.05) is 11.9 Å². The quantitative estimate of drug-likeness (QED) is 0.753. The van der Waals surface area contributed by atoms with Gasteiger partial charge in [-0.25, -0.2) is 4.79 Å². The third-order valence-electron chi connectivity index (χ3n) is 5.04. The third-order valence-corrected chi connectivity index (χ3v) is 6.21. The van der Waals surface area contributed by atoms with Gasteiger partial charge in [-0.05, 0) is 56.2 Å². The Morgan fingerprint density at radius 1 is 1.27 bits per heavy atom. The van der Waals surface area contributed by atoms with Crippen molar-refractivity contribution in [3.63, 3.8) is 0 Å². The molecule has 138 valence electrons. The van der Waals surface area contributed by atoms with Gasteiger partial charge in [0.25, 0.3) is 5.91 Å². The van der Waals surface area contributed by atoms with Crippen molar-refractivity contribution in [2.45, 2.75) is 46.5 Å². The minimum absolute atomic E-state index is 0.181. The summed E-state index contributed by atoms with van der Waals surface area (Å²) in [5, 5.41) is 3.60. The second-order valence-corrected chi connectivity index (χ2v) is 7.82. The number of aryl methyl sites for hydroxylation is 1. The van der Waals surface area contributed by atoms with Gasteiger partial charge in [-0.2, -0.15) is 0 Å². The smallest absolute Gasteiger partial charge is 0.341 e. The number of thiophene rings is 1. The third kappa shape index (κ3) is 3.68. The minimum Gasteiger partial charge on any atom is -0.462 e. The number of benzene rings is 1. The first-order valence-corrected chi connectivity index (χ1v) is 10.0. The average Bonchev–Trinajstić information content (AvgIpc) is 2.98. The summed E-state index contributed by atoms with van der Waals surface area (Å²) in [4.78, 5) is 26.5. The van der Waals surface area contributed by atoms with Crippen LogP contribution in [0.3, 0.4) is 0 Å². The van der Waals surface area contributed by atoms with E-state index in [0.29, 0.717) is 28.7 Å². The molecule has 1 heterocycles. The van der Waals surface area contributed by atoms with Gasteiger partial charge >= 0.3 is 5.97 Å². The highest BCUT2D eigenvalue weighted by Gasteiger charge is 2.30. The summed E-state index contributed by atoms with van der Waals surface area (Å²) >= 11 is 1.53. The van der Waals surface area contributed by atoms with Crippen LogP contribution in [-0.2, 0) is 17.6 Å². The summed E-state index contributed by atoms with van der Waals surface area (Å²) in [7, 11) is 0. The monoisotopic (exact) mass is 371 g/mol. The van der Waals surface area contributed by atoms with E-state index in [1.165, 1.54) is 16.2 Å². The van der Waals surface area contributed by atoms with Crippen LogP contribution in [0.15, 0.2) is 24.3 Å². The normalized spacial score (nSPS) is 16.0.